The number of nitrogens with one attached hydrogen (secondary N) is 2. The van der Waals surface area contributed by atoms with E-state index in [1.54, 1.807) is 31.1 Å². The lowest BCUT2D eigenvalue weighted by Crippen LogP contribution is -2.40. The summed E-state index contributed by atoms with van der Waals surface area (Å²) < 4.78 is 2.42. The zero-order valence-electron chi connectivity index (χ0n) is 17.8. The zero-order chi connectivity index (χ0) is 23.0. The van der Waals surface area contributed by atoms with Crippen LogP contribution in [-0.4, -0.2) is 56.7 Å². The van der Waals surface area contributed by atoms with Crippen molar-refractivity contribution in [2.45, 2.75) is 38.5 Å². The van der Waals surface area contributed by atoms with E-state index in [1.165, 1.54) is 0 Å². The largest absolute Gasteiger partial charge is 0.480 e. The summed E-state index contributed by atoms with van der Waals surface area (Å²) in [5.41, 5.74) is 2.48. The molecule has 0 bridgehead atoms. The van der Waals surface area contributed by atoms with Crippen molar-refractivity contribution in [1.82, 2.24) is 39.6 Å². The van der Waals surface area contributed by atoms with Crippen LogP contribution in [0.5, 0.6) is 0 Å². The molecule has 3 N–H and O–H groups in total. The minimum absolute atomic E-state index is 0.351. The predicted octanol–water partition coefficient (Wildman–Crippen LogP) is 3.06. The molecule has 0 amide bonds. The van der Waals surface area contributed by atoms with Gasteiger partial charge in [-0.25, -0.2) is 4.98 Å². The number of hydrogen-bond donors (Lipinski definition) is 3. The van der Waals surface area contributed by atoms with Crippen molar-refractivity contribution in [3.8, 4) is 11.4 Å². The Balaban J connectivity index is 1.50. The molecule has 0 saturated heterocycles. The van der Waals surface area contributed by atoms with Crippen LogP contribution < -0.4 is 0 Å². The third-order valence-electron chi connectivity index (χ3n) is 5.29. The highest BCUT2D eigenvalue weighted by Gasteiger charge is 2.26. The Morgan fingerprint density at radius 3 is 2.70 bits per heavy atom. The summed E-state index contributed by atoms with van der Waals surface area (Å²) in [6.07, 6.45) is 9.14. The number of imidazole rings is 1. The third-order valence-corrected chi connectivity index (χ3v) is 5.60. The highest BCUT2D eigenvalue weighted by atomic mass is 32.1. The average molecular weight is 465 g/mol. The van der Waals surface area contributed by atoms with Crippen molar-refractivity contribution in [1.29, 1.82) is 0 Å². The molecule has 0 aliphatic rings. The summed E-state index contributed by atoms with van der Waals surface area (Å²) in [6.45, 7) is 1.30. The van der Waals surface area contributed by atoms with E-state index >= 15 is 0 Å². The van der Waals surface area contributed by atoms with E-state index in [-0.39, 0.29) is 0 Å². The van der Waals surface area contributed by atoms with Gasteiger partial charge in [0.25, 0.3) is 0 Å². The highest BCUT2D eigenvalue weighted by Crippen LogP contribution is 2.19. The van der Waals surface area contributed by atoms with Gasteiger partial charge in [-0.05, 0) is 25.1 Å². The minimum atomic E-state index is -0.891. The van der Waals surface area contributed by atoms with Crippen molar-refractivity contribution < 1.29 is 9.90 Å². The van der Waals surface area contributed by atoms with Crippen LogP contribution in [-0.2, 0) is 24.4 Å². The normalized spacial score (nSPS) is 12.2. The zero-order valence-corrected chi connectivity index (χ0v) is 18.6. The number of aliphatic carboxylic acids is 1. The first-order chi connectivity index (χ1) is 16.1. The molecule has 0 saturated carbocycles. The van der Waals surface area contributed by atoms with Gasteiger partial charge in [-0.3, -0.25) is 24.8 Å². The number of rotatable bonds is 11. The molecule has 0 fully saturated rings. The highest BCUT2D eigenvalue weighted by molar-refractivity contribution is 7.71. The van der Waals surface area contributed by atoms with Gasteiger partial charge in [-0.1, -0.05) is 30.3 Å². The molecule has 10 nitrogen and oxygen atoms in total. The van der Waals surface area contributed by atoms with E-state index in [9.17, 15) is 9.90 Å². The Bertz CT molecular complexity index is 1210. The fraction of sp³-hybridized carbons (Fsp3) is 0.273. The van der Waals surface area contributed by atoms with Gasteiger partial charge in [-0.2, -0.15) is 5.10 Å². The molecule has 4 rings (SSSR count). The Hall–Kier alpha value is -3.70. The Morgan fingerprint density at radius 1 is 1.15 bits per heavy atom. The first-order valence-electron chi connectivity index (χ1n) is 10.5. The van der Waals surface area contributed by atoms with Gasteiger partial charge in [0.05, 0.1) is 12.0 Å². The molecule has 11 heteroatoms. The van der Waals surface area contributed by atoms with Gasteiger partial charge in [0.1, 0.15) is 6.04 Å². The average Bonchev–Trinajstić information content (AvgIpc) is 3.47. The number of carbonyl (C=O) groups is 1. The number of hydrogen-bond acceptors (Lipinski definition) is 7. The van der Waals surface area contributed by atoms with Gasteiger partial charge >= 0.3 is 5.97 Å². The Morgan fingerprint density at radius 2 is 2.00 bits per heavy atom. The maximum Gasteiger partial charge on any atom is 0.320 e. The second kappa shape index (κ2) is 10.7. The number of benzene rings is 1. The van der Waals surface area contributed by atoms with Crippen LogP contribution in [0, 0.1) is 4.77 Å². The second-order valence-corrected chi connectivity index (χ2v) is 7.93. The molecule has 0 unspecified atom stereocenters. The SMILES string of the molecule is O=C(O)[C@H](CCCn1c(-c2ccccc2)n[nH]c1=S)N(Cc1cnccn1)Cc1cnc[nH]1. The summed E-state index contributed by atoms with van der Waals surface area (Å²) >= 11 is 5.41. The van der Waals surface area contributed by atoms with Crippen molar-refractivity contribution in [2.24, 2.45) is 0 Å². The minimum Gasteiger partial charge on any atom is -0.480 e. The van der Waals surface area contributed by atoms with Crippen LogP contribution in [0.4, 0.5) is 0 Å². The van der Waals surface area contributed by atoms with Crippen LogP contribution >= 0.6 is 12.2 Å². The maximum atomic E-state index is 12.3. The molecular weight excluding hydrogens is 440 g/mol. The van der Waals surface area contributed by atoms with E-state index < -0.39 is 12.0 Å². The van der Waals surface area contributed by atoms with Gasteiger partial charge in [0, 0.05) is 55.7 Å². The fourth-order valence-corrected chi connectivity index (χ4v) is 3.95. The molecule has 1 aromatic carbocycles. The first-order valence-corrected chi connectivity index (χ1v) is 10.9. The molecule has 0 aliphatic carbocycles. The molecule has 0 aliphatic heterocycles. The summed E-state index contributed by atoms with van der Waals surface area (Å²) in [4.78, 5) is 29.6. The molecule has 3 heterocycles. The third kappa shape index (κ3) is 5.76. The quantitative estimate of drug-likeness (QED) is 0.289. The number of nitrogens with zero attached hydrogens (tertiary/aromatic N) is 6. The van der Waals surface area contributed by atoms with Gasteiger partial charge in [-0.15, -0.1) is 0 Å². The standard InChI is InChI=1S/C22H24N8O2S/c31-21(32)19(29(14-18-12-24-15-26-18)13-17-11-23-8-9-25-17)7-4-10-30-20(27-28-22(30)33)16-5-2-1-3-6-16/h1-3,5-6,8-9,11-12,15,19H,4,7,10,13-14H2,(H,24,26)(H,28,33)(H,31,32)/t19-/m0/s1. The van der Waals surface area contributed by atoms with Gasteiger partial charge in [0.15, 0.2) is 10.6 Å². The van der Waals surface area contributed by atoms with E-state index in [4.69, 9.17) is 12.2 Å². The number of carboxylic acid groups (broad SMARTS) is 1. The van der Waals surface area contributed by atoms with Crippen LogP contribution in [0.1, 0.15) is 24.2 Å². The van der Waals surface area contributed by atoms with Crippen molar-refractivity contribution in [3.05, 3.63) is 77.6 Å². The van der Waals surface area contributed by atoms with Crippen LogP contribution in [0.2, 0.25) is 0 Å². The summed E-state index contributed by atoms with van der Waals surface area (Å²) in [5.74, 6) is -0.154. The lowest BCUT2D eigenvalue weighted by Gasteiger charge is -2.28. The number of aromatic amines is 2. The number of H-pyrrole nitrogens is 2. The van der Waals surface area contributed by atoms with Crippen molar-refractivity contribution in [3.63, 3.8) is 0 Å². The second-order valence-electron chi connectivity index (χ2n) is 7.54. The van der Waals surface area contributed by atoms with Crippen molar-refractivity contribution >= 4 is 18.2 Å². The van der Waals surface area contributed by atoms with Crippen molar-refractivity contribution in [2.75, 3.05) is 0 Å². The van der Waals surface area contributed by atoms with Crippen LogP contribution in [0.3, 0.4) is 0 Å². The Kier molecular flexibility index (Phi) is 7.33. The molecule has 1 atom stereocenters. The number of carboxylic acids is 1. The lowest BCUT2D eigenvalue weighted by atomic mass is 10.1. The maximum absolute atomic E-state index is 12.3. The van der Waals surface area contributed by atoms with Crippen LogP contribution in [0.15, 0.2) is 61.4 Å². The molecule has 33 heavy (non-hydrogen) atoms. The molecule has 0 radical (unpaired) electrons. The first kappa shape index (κ1) is 22.5. The van der Waals surface area contributed by atoms with E-state index in [0.717, 1.165) is 17.1 Å². The Labute approximate surface area is 195 Å². The monoisotopic (exact) mass is 464 g/mol. The summed E-state index contributed by atoms with van der Waals surface area (Å²) in [6, 6.07) is 9.03. The smallest absolute Gasteiger partial charge is 0.320 e. The topological polar surface area (TPSA) is 129 Å². The molecule has 0 spiro atoms. The molecule has 4 aromatic rings. The van der Waals surface area contributed by atoms with Gasteiger partial charge in [0.2, 0.25) is 0 Å². The molecule has 3 aromatic heterocycles. The summed E-state index contributed by atoms with van der Waals surface area (Å²) in [5, 5.41) is 17.2. The van der Waals surface area contributed by atoms with Crippen LogP contribution in [0.25, 0.3) is 11.4 Å². The lowest BCUT2D eigenvalue weighted by molar-refractivity contribution is -0.144. The van der Waals surface area contributed by atoms with E-state index in [0.29, 0.717) is 42.9 Å². The molecule has 170 valence electrons. The predicted molar refractivity (Wildman–Crippen MR) is 123 cm³/mol. The summed E-state index contributed by atoms with van der Waals surface area (Å²) in [7, 11) is 0. The molecular formula is C22H24N8O2S. The fourth-order valence-electron chi connectivity index (χ4n) is 3.72. The number of aromatic nitrogens is 7. The van der Waals surface area contributed by atoms with Gasteiger partial charge < -0.3 is 14.7 Å². The van der Waals surface area contributed by atoms with E-state index in [1.807, 2.05) is 39.8 Å². The van der Waals surface area contributed by atoms with E-state index in [2.05, 4.69) is 30.1 Å².